The van der Waals surface area contributed by atoms with Crippen molar-refractivity contribution in [3.63, 3.8) is 0 Å². The zero-order valence-electron chi connectivity index (χ0n) is 16.1. The van der Waals surface area contributed by atoms with Crippen molar-refractivity contribution < 1.29 is 19.5 Å². The highest BCUT2D eigenvalue weighted by Gasteiger charge is 2.23. The van der Waals surface area contributed by atoms with Gasteiger partial charge in [0.1, 0.15) is 6.04 Å². The molecule has 0 saturated heterocycles. The minimum atomic E-state index is -1.01. The highest BCUT2D eigenvalue weighted by atomic mass is 16.4. The smallest absolute Gasteiger partial charge is 0.320 e. The standard InChI is InChI=1S/C19H29N3O4/c1-12-6-7-17(10-13(12)2)14(3)21-18(24)11-22(15(4)19(25)26)9-8-20-16(5)23/h6-7,10,14-15H,8-9,11H2,1-5H3,(H,20,23)(H,21,24)(H,25,26). The molecule has 2 unspecified atom stereocenters. The summed E-state index contributed by atoms with van der Waals surface area (Å²) in [6.07, 6.45) is 0. The van der Waals surface area contributed by atoms with Crippen LogP contribution in [0.3, 0.4) is 0 Å². The van der Waals surface area contributed by atoms with Crippen molar-refractivity contribution in [1.82, 2.24) is 15.5 Å². The van der Waals surface area contributed by atoms with E-state index in [1.54, 1.807) is 0 Å². The number of hydrogen-bond acceptors (Lipinski definition) is 4. The molecule has 0 fully saturated rings. The van der Waals surface area contributed by atoms with E-state index in [2.05, 4.69) is 10.6 Å². The second-order valence-corrected chi connectivity index (χ2v) is 6.60. The molecule has 7 heteroatoms. The molecule has 0 spiro atoms. The van der Waals surface area contributed by atoms with Gasteiger partial charge in [-0.15, -0.1) is 0 Å². The van der Waals surface area contributed by atoms with Crippen molar-refractivity contribution >= 4 is 17.8 Å². The molecule has 0 saturated carbocycles. The number of aryl methyl sites for hydroxylation is 2. The van der Waals surface area contributed by atoms with Crippen LogP contribution in [0.4, 0.5) is 0 Å². The molecule has 0 aliphatic heterocycles. The molecular weight excluding hydrogens is 334 g/mol. The number of amides is 2. The van der Waals surface area contributed by atoms with Crippen LogP contribution in [0.5, 0.6) is 0 Å². The summed E-state index contributed by atoms with van der Waals surface area (Å²) in [5.41, 5.74) is 3.34. The average molecular weight is 363 g/mol. The minimum Gasteiger partial charge on any atom is -0.480 e. The molecule has 144 valence electrons. The van der Waals surface area contributed by atoms with Gasteiger partial charge in [0.15, 0.2) is 0 Å². The van der Waals surface area contributed by atoms with Crippen LogP contribution >= 0.6 is 0 Å². The van der Waals surface area contributed by atoms with Crippen LogP contribution in [-0.2, 0) is 14.4 Å². The second-order valence-electron chi connectivity index (χ2n) is 6.60. The van der Waals surface area contributed by atoms with Crippen molar-refractivity contribution in [3.05, 3.63) is 34.9 Å². The average Bonchev–Trinajstić information content (AvgIpc) is 2.55. The van der Waals surface area contributed by atoms with E-state index >= 15 is 0 Å². The first-order valence-electron chi connectivity index (χ1n) is 8.69. The number of hydrogen-bond donors (Lipinski definition) is 3. The Morgan fingerprint density at radius 3 is 2.35 bits per heavy atom. The lowest BCUT2D eigenvalue weighted by Crippen LogP contribution is -2.48. The Morgan fingerprint density at radius 1 is 1.15 bits per heavy atom. The Morgan fingerprint density at radius 2 is 1.81 bits per heavy atom. The number of nitrogens with zero attached hydrogens (tertiary/aromatic N) is 1. The fourth-order valence-electron chi connectivity index (χ4n) is 2.53. The molecule has 7 nitrogen and oxygen atoms in total. The number of carbonyl (C=O) groups is 3. The highest BCUT2D eigenvalue weighted by molar-refractivity contribution is 5.80. The topological polar surface area (TPSA) is 98.7 Å². The van der Waals surface area contributed by atoms with E-state index in [9.17, 15) is 19.5 Å². The van der Waals surface area contributed by atoms with Crippen LogP contribution in [0.2, 0.25) is 0 Å². The number of nitrogens with one attached hydrogen (secondary N) is 2. The Bertz CT molecular complexity index is 660. The van der Waals surface area contributed by atoms with Gasteiger partial charge < -0.3 is 15.7 Å². The summed E-state index contributed by atoms with van der Waals surface area (Å²) in [5.74, 6) is -1.46. The summed E-state index contributed by atoms with van der Waals surface area (Å²) in [6.45, 7) is 9.37. The summed E-state index contributed by atoms with van der Waals surface area (Å²) in [6, 6.07) is 5.02. The maximum atomic E-state index is 12.4. The van der Waals surface area contributed by atoms with Gasteiger partial charge in [-0.3, -0.25) is 19.3 Å². The van der Waals surface area contributed by atoms with Crippen molar-refractivity contribution in [3.8, 4) is 0 Å². The second kappa shape index (κ2) is 9.91. The third-order valence-electron chi connectivity index (χ3n) is 4.43. The molecule has 2 amide bonds. The number of carboxylic acids is 1. The summed E-state index contributed by atoms with van der Waals surface area (Å²) in [5, 5.41) is 14.8. The van der Waals surface area contributed by atoms with Crippen molar-refractivity contribution in [2.24, 2.45) is 0 Å². The van der Waals surface area contributed by atoms with E-state index in [-0.39, 0.29) is 37.5 Å². The molecule has 0 radical (unpaired) electrons. The fourth-order valence-corrected chi connectivity index (χ4v) is 2.53. The van der Waals surface area contributed by atoms with E-state index in [4.69, 9.17) is 0 Å². The molecule has 0 aliphatic carbocycles. The zero-order chi connectivity index (χ0) is 19.9. The number of aliphatic carboxylic acids is 1. The SMILES string of the molecule is CC(=O)NCCN(CC(=O)NC(C)c1ccc(C)c(C)c1)C(C)C(=O)O. The van der Waals surface area contributed by atoms with Gasteiger partial charge in [0.25, 0.3) is 0 Å². The molecule has 1 aromatic rings. The molecule has 3 N–H and O–H groups in total. The Balaban J connectivity index is 2.70. The molecule has 2 atom stereocenters. The van der Waals surface area contributed by atoms with E-state index in [1.165, 1.54) is 24.3 Å². The number of rotatable bonds is 9. The van der Waals surface area contributed by atoms with Crippen LogP contribution in [0.25, 0.3) is 0 Å². The number of carbonyl (C=O) groups excluding carboxylic acids is 2. The van der Waals surface area contributed by atoms with Crippen molar-refractivity contribution in [2.75, 3.05) is 19.6 Å². The lowest BCUT2D eigenvalue weighted by molar-refractivity contribution is -0.143. The number of carboxylic acid groups (broad SMARTS) is 1. The molecule has 26 heavy (non-hydrogen) atoms. The van der Waals surface area contributed by atoms with Crippen LogP contribution < -0.4 is 10.6 Å². The number of benzene rings is 1. The Kier molecular flexibility index (Phi) is 8.25. The third kappa shape index (κ3) is 6.84. The van der Waals surface area contributed by atoms with E-state index in [0.717, 1.165) is 11.1 Å². The largest absolute Gasteiger partial charge is 0.480 e. The lowest BCUT2D eigenvalue weighted by Gasteiger charge is -2.26. The van der Waals surface area contributed by atoms with Crippen LogP contribution in [-0.4, -0.2) is 53.5 Å². The van der Waals surface area contributed by atoms with Gasteiger partial charge >= 0.3 is 5.97 Å². The molecule has 1 rings (SSSR count). The summed E-state index contributed by atoms with van der Waals surface area (Å²) >= 11 is 0. The molecule has 0 aliphatic rings. The molecule has 1 aromatic carbocycles. The van der Waals surface area contributed by atoms with Crippen molar-refractivity contribution in [2.45, 2.75) is 46.7 Å². The summed E-state index contributed by atoms with van der Waals surface area (Å²) in [4.78, 5) is 36.2. The van der Waals surface area contributed by atoms with Crippen molar-refractivity contribution in [1.29, 1.82) is 0 Å². The van der Waals surface area contributed by atoms with E-state index < -0.39 is 12.0 Å². The third-order valence-corrected chi connectivity index (χ3v) is 4.43. The normalized spacial score (nSPS) is 13.2. The van der Waals surface area contributed by atoms with Gasteiger partial charge in [-0.1, -0.05) is 18.2 Å². The first kappa shape index (κ1) is 21.6. The maximum absolute atomic E-state index is 12.4. The summed E-state index contributed by atoms with van der Waals surface area (Å²) in [7, 11) is 0. The zero-order valence-corrected chi connectivity index (χ0v) is 16.1. The predicted octanol–water partition coefficient (Wildman–Crippen LogP) is 1.39. The Labute approximate surface area is 154 Å². The van der Waals surface area contributed by atoms with Gasteiger partial charge in [-0.2, -0.15) is 0 Å². The molecule has 0 aromatic heterocycles. The van der Waals surface area contributed by atoms with Gasteiger partial charge in [0, 0.05) is 20.0 Å². The van der Waals surface area contributed by atoms with Gasteiger partial charge in [-0.25, -0.2) is 0 Å². The molecule has 0 heterocycles. The first-order valence-corrected chi connectivity index (χ1v) is 8.69. The first-order chi connectivity index (χ1) is 12.1. The van der Waals surface area contributed by atoms with E-state index in [1.807, 2.05) is 39.0 Å². The van der Waals surface area contributed by atoms with Crippen LogP contribution in [0.1, 0.15) is 43.5 Å². The monoisotopic (exact) mass is 363 g/mol. The Hall–Kier alpha value is -2.41. The highest BCUT2D eigenvalue weighted by Crippen LogP contribution is 2.16. The van der Waals surface area contributed by atoms with Crippen LogP contribution in [0, 0.1) is 13.8 Å². The summed E-state index contributed by atoms with van der Waals surface area (Å²) < 4.78 is 0. The predicted molar refractivity (Wildman–Crippen MR) is 99.8 cm³/mol. The molecule has 0 bridgehead atoms. The maximum Gasteiger partial charge on any atom is 0.320 e. The fraction of sp³-hybridized carbons (Fsp3) is 0.526. The van der Waals surface area contributed by atoms with E-state index in [0.29, 0.717) is 0 Å². The van der Waals surface area contributed by atoms with Gasteiger partial charge in [-0.05, 0) is 44.4 Å². The van der Waals surface area contributed by atoms with Gasteiger partial charge in [0.2, 0.25) is 11.8 Å². The minimum absolute atomic E-state index is 0.0533. The molecular formula is C19H29N3O4. The quantitative estimate of drug-likeness (QED) is 0.616. The van der Waals surface area contributed by atoms with Crippen LogP contribution in [0.15, 0.2) is 18.2 Å². The van der Waals surface area contributed by atoms with Gasteiger partial charge in [0.05, 0.1) is 12.6 Å². The lowest BCUT2D eigenvalue weighted by atomic mass is 10.0.